The van der Waals surface area contributed by atoms with Gasteiger partial charge in [0.05, 0.1) is 12.1 Å². The molecule has 25 heavy (non-hydrogen) atoms. The molecule has 1 aliphatic carbocycles. The van der Waals surface area contributed by atoms with Crippen LogP contribution in [0.15, 0.2) is 35.1 Å². The highest BCUT2D eigenvalue weighted by atomic mass is 19.1. The molecule has 1 aromatic heterocycles. The van der Waals surface area contributed by atoms with Crippen LogP contribution in [0.2, 0.25) is 0 Å². The molecular weight excluding hydrogens is 321 g/mol. The lowest BCUT2D eigenvalue weighted by Crippen LogP contribution is -2.22. The molecule has 0 bridgehead atoms. The van der Waals surface area contributed by atoms with Crippen LogP contribution in [0.5, 0.6) is 5.75 Å². The van der Waals surface area contributed by atoms with Crippen LogP contribution in [-0.2, 0) is 11.3 Å². The Labute approximate surface area is 145 Å². The maximum atomic E-state index is 14.2. The summed E-state index contributed by atoms with van der Waals surface area (Å²) in [5.41, 5.74) is 1.48. The second kappa shape index (κ2) is 7.35. The fourth-order valence-corrected chi connectivity index (χ4v) is 2.46. The molecule has 1 saturated carbocycles. The lowest BCUT2D eigenvalue weighted by Gasteiger charge is -2.12. The van der Waals surface area contributed by atoms with E-state index in [0.717, 1.165) is 12.8 Å². The van der Waals surface area contributed by atoms with Crippen LogP contribution in [0, 0.1) is 30.5 Å². The Morgan fingerprint density at radius 3 is 2.76 bits per heavy atom. The maximum Gasteiger partial charge on any atom is 0.254 e. The Balaban J connectivity index is 1.80. The van der Waals surface area contributed by atoms with Gasteiger partial charge in [0.15, 0.2) is 6.29 Å². The van der Waals surface area contributed by atoms with Gasteiger partial charge in [0, 0.05) is 17.7 Å². The molecular formula is C20H18FNO3. The molecule has 0 amide bonds. The van der Waals surface area contributed by atoms with Crippen LogP contribution in [-0.4, -0.2) is 17.5 Å². The molecule has 0 radical (unpaired) electrons. The van der Waals surface area contributed by atoms with Gasteiger partial charge in [0.25, 0.3) is 5.56 Å². The third kappa shape index (κ3) is 4.36. The van der Waals surface area contributed by atoms with Crippen molar-refractivity contribution in [1.29, 1.82) is 0 Å². The Kier molecular flexibility index (Phi) is 4.99. The van der Waals surface area contributed by atoms with Crippen LogP contribution in [0.3, 0.4) is 0 Å². The summed E-state index contributed by atoms with van der Waals surface area (Å²) >= 11 is 0. The predicted octanol–water partition coefficient (Wildman–Crippen LogP) is 2.68. The third-order valence-corrected chi connectivity index (χ3v) is 3.99. The van der Waals surface area contributed by atoms with Crippen molar-refractivity contribution < 1.29 is 13.9 Å². The van der Waals surface area contributed by atoms with Crippen LogP contribution in [0.1, 0.15) is 29.7 Å². The van der Waals surface area contributed by atoms with Gasteiger partial charge in [-0.2, -0.15) is 0 Å². The highest BCUT2D eigenvalue weighted by molar-refractivity contribution is 5.51. The van der Waals surface area contributed by atoms with Gasteiger partial charge in [-0.15, -0.1) is 0 Å². The minimum Gasteiger partial charge on any atom is -0.486 e. The average Bonchev–Trinajstić information content (AvgIpc) is 3.40. The van der Waals surface area contributed by atoms with Crippen LogP contribution in [0.4, 0.5) is 4.39 Å². The topological polar surface area (TPSA) is 48.3 Å². The molecule has 3 rings (SSSR count). The van der Waals surface area contributed by atoms with Crippen molar-refractivity contribution in [2.45, 2.75) is 26.3 Å². The Hall–Kier alpha value is -2.87. The zero-order chi connectivity index (χ0) is 17.8. The third-order valence-electron chi connectivity index (χ3n) is 3.99. The van der Waals surface area contributed by atoms with Gasteiger partial charge in [-0.25, -0.2) is 4.39 Å². The van der Waals surface area contributed by atoms with E-state index in [1.165, 1.54) is 16.7 Å². The number of benzene rings is 1. The summed E-state index contributed by atoms with van der Waals surface area (Å²) in [4.78, 5) is 22.6. The molecule has 4 nitrogen and oxygen atoms in total. The van der Waals surface area contributed by atoms with Crippen molar-refractivity contribution in [2.24, 2.45) is 5.92 Å². The van der Waals surface area contributed by atoms with Gasteiger partial charge in [0.2, 0.25) is 0 Å². The number of aromatic nitrogens is 1. The maximum absolute atomic E-state index is 14.2. The van der Waals surface area contributed by atoms with Crippen molar-refractivity contribution in [1.82, 2.24) is 4.57 Å². The minimum absolute atomic E-state index is 0.0997. The molecule has 0 atom stereocenters. The number of nitrogens with zero attached hydrogens (tertiary/aromatic N) is 1. The predicted molar refractivity (Wildman–Crippen MR) is 92.1 cm³/mol. The van der Waals surface area contributed by atoms with E-state index in [0.29, 0.717) is 34.8 Å². The number of carbonyl (C=O) groups excluding carboxylic acids is 1. The first-order valence-electron chi connectivity index (χ1n) is 8.14. The normalized spacial score (nSPS) is 13.0. The summed E-state index contributed by atoms with van der Waals surface area (Å²) in [5, 5.41) is 0. The molecule has 0 unspecified atom stereocenters. The van der Waals surface area contributed by atoms with E-state index in [4.69, 9.17) is 4.74 Å². The van der Waals surface area contributed by atoms with Crippen LogP contribution in [0.25, 0.3) is 0 Å². The molecule has 1 aliphatic rings. The van der Waals surface area contributed by atoms with E-state index in [9.17, 15) is 14.0 Å². The van der Waals surface area contributed by atoms with Gasteiger partial charge in [0.1, 0.15) is 18.2 Å². The number of pyridine rings is 1. The molecule has 1 aromatic carbocycles. The molecule has 1 heterocycles. The summed E-state index contributed by atoms with van der Waals surface area (Å²) in [6, 6.07) is 7.85. The Bertz CT molecular complexity index is 917. The number of rotatable bonds is 5. The van der Waals surface area contributed by atoms with Gasteiger partial charge in [-0.05, 0) is 43.5 Å². The molecule has 0 aliphatic heterocycles. The first-order valence-corrected chi connectivity index (χ1v) is 8.14. The smallest absolute Gasteiger partial charge is 0.254 e. The summed E-state index contributed by atoms with van der Waals surface area (Å²) in [6.07, 6.45) is 2.82. The Morgan fingerprint density at radius 1 is 1.32 bits per heavy atom. The average molecular weight is 339 g/mol. The van der Waals surface area contributed by atoms with E-state index < -0.39 is 0 Å². The first-order chi connectivity index (χ1) is 12.1. The minimum atomic E-state index is -0.373. The van der Waals surface area contributed by atoms with Crippen molar-refractivity contribution in [2.75, 3.05) is 6.61 Å². The van der Waals surface area contributed by atoms with Gasteiger partial charge in [-0.1, -0.05) is 17.9 Å². The van der Waals surface area contributed by atoms with E-state index in [1.54, 1.807) is 25.1 Å². The summed E-state index contributed by atoms with van der Waals surface area (Å²) in [7, 11) is 0. The number of hydrogen-bond acceptors (Lipinski definition) is 3. The van der Waals surface area contributed by atoms with Crippen molar-refractivity contribution >= 4 is 6.29 Å². The van der Waals surface area contributed by atoms with Gasteiger partial charge < -0.3 is 9.30 Å². The number of carbonyl (C=O) groups is 1. The van der Waals surface area contributed by atoms with Crippen LogP contribution >= 0.6 is 0 Å². The fourth-order valence-electron chi connectivity index (χ4n) is 2.46. The van der Waals surface area contributed by atoms with Gasteiger partial charge in [-0.3, -0.25) is 9.59 Å². The molecule has 0 spiro atoms. The largest absolute Gasteiger partial charge is 0.486 e. The van der Waals surface area contributed by atoms with E-state index in [2.05, 4.69) is 11.8 Å². The Morgan fingerprint density at radius 2 is 2.12 bits per heavy atom. The number of aldehydes is 1. The van der Waals surface area contributed by atoms with E-state index in [-0.39, 0.29) is 24.5 Å². The van der Waals surface area contributed by atoms with Crippen LogP contribution < -0.4 is 10.3 Å². The molecule has 2 aromatic rings. The number of hydrogen-bond donors (Lipinski definition) is 0. The van der Waals surface area contributed by atoms with Crippen molar-refractivity contribution in [3.05, 3.63) is 63.3 Å². The SMILES string of the molecule is Cc1cc(OCC=O)cc(=O)n1Cc1ccc(C#CC2CC2)c(F)c1. The van der Waals surface area contributed by atoms with E-state index >= 15 is 0 Å². The standard InChI is InChI=1S/C20H18FNO3/c1-14-10-18(25-9-8-23)12-20(24)22(14)13-16-5-7-17(19(21)11-16)6-4-15-2-3-15/h5,7-8,10-12,15H,2-3,9,13H2,1H3. The molecule has 0 saturated heterocycles. The second-order valence-electron chi connectivity index (χ2n) is 6.09. The lowest BCUT2D eigenvalue weighted by molar-refractivity contribution is -0.109. The zero-order valence-corrected chi connectivity index (χ0v) is 13.9. The molecule has 0 N–H and O–H groups in total. The lowest BCUT2D eigenvalue weighted by atomic mass is 10.1. The number of ether oxygens (including phenoxy) is 1. The fraction of sp³-hybridized carbons (Fsp3) is 0.300. The van der Waals surface area contributed by atoms with Crippen molar-refractivity contribution in [3.63, 3.8) is 0 Å². The highest BCUT2D eigenvalue weighted by Crippen LogP contribution is 2.27. The van der Waals surface area contributed by atoms with Crippen molar-refractivity contribution in [3.8, 4) is 17.6 Å². The van der Waals surface area contributed by atoms with Gasteiger partial charge >= 0.3 is 0 Å². The monoisotopic (exact) mass is 339 g/mol. The number of halogens is 1. The second-order valence-corrected chi connectivity index (χ2v) is 6.09. The summed E-state index contributed by atoms with van der Waals surface area (Å²) in [5.74, 6) is 6.31. The number of aryl methyl sites for hydroxylation is 1. The summed E-state index contributed by atoms with van der Waals surface area (Å²) < 4.78 is 20.9. The molecule has 1 fully saturated rings. The summed E-state index contributed by atoms with van der Waals surface area (Å²) in [6.45, 7) is 1.92. The molecule has 128 valence electrons. The zero-order valence-electron chi connectivity index (χ0n) is 13.9. The molecule has 5 heteroatoms. The van der Waals surface area contributed by atoms with E-state index in [1.807, 2.05) is 0 Å². The first kappa shape index (κ1) is 17.0. The highest BCUT2D eigenvalue weighted by Gasteiger charge is 2.18. The quantitative estimate of drug-likeness (QED) is 0.622.